The summed E-state index contributed by atoms with van der Waals surface area (Å²) in [6, 6.07) is 4.00. The molecule has 2 heteroatoms. The Morgan fingerprint density at radius 3 is 3.07 bits per heavy atom. The molecule has 1 rings (SSSR count). The van der Waals surface area contributed by atoms with Crippen molar-refractivity contribution in [1.82, 2.24) is 0 Å². The lowest BCUT2D eigenvalue weighted by Crippen LogP contribution is -1.77. The molecule has 0 aromatic carbocycles. The molecule has 1 aromatic rings. The fourth-order valence-corrected chi connectivity index (χ4v) is 1.53. The van der Waals surface area contributed by atoms with Crippen molar-refractivity contribution in [2.45, 2.75) is 12.8 Å². The molecule has 78 valence electrons. The lowest BCUT2D eigenvalue weighted by Gasteiger charge is -1.84. The van der Waals surface area contributed by atoms with Gasteiger partial charge in [-0.1, -0.05) is 36.1 Å². The van der Waals surface area contributed by atoms with E-state index >= 15 is 0 Å². The lowest BCUT2D eigenvalue weighted by molar-refractivity contribution is 0.289. The molecule has 1 N–H and O–H groups in total. The topological polar surface area (TPSA) is 20.2 Å². The van der Waals surface area contributed by atoms with Gasteiger partial charge in [0.15, 0.2) is 0 Å². The molecular formula is C13H14OS. The van der Waals surface area contributed by atoms with E-state index in [-0.39, 0.29) is 6.61 Å². The maximum atomic E-state index is 8.54. The molecule has 0 spiro atoms. The average molecular weight is 218 g/mol. The highest BCUT2D eigenvalue weighted by Crippen LogP contribution is 2.05. The number of hydrogen-bond acceptors (Lipinski definition) is 2. The first-order valence-corrected chi connectivity index (χ1v) is 5.79. The Balaban J connectivity index is 2.24. The SMILES string of the molecule is OCCC/C=C/C=C/C#Cc1cccs1. The van der Waals surface area contributed by atoms with Crippen molar-refractivity contribution in [1.29, 1.82) is 0 Å². The molecule has 0 fully saturated rings. The summed E-state index contributed by atoms with van der Waals surface area (Å²) >= 11 is 1.64. The van der Waals surface area contributed by atoms with Crippen molar-refractivity contribution in [3.05, 3.63) is 46.7 Å². The Morgan fingerprint density at radius 2 is 2.33 bits per heavy atom. The Morgan fingerprint density at radius 1 is 1.40 bits per heavy atom. The second-order valence-corrected chi connectivity index (χ2v) is 3.85. The standard InChI is InChI=1S/C13H14OS/c14-11-7-5-3-1-2-4-6-9-13-10-8-12-15-13/h1-4,8,10,12,14H,5,7,11H2/b3-1+,4-2+. The first-order chi connectivity index (χ1) is 7.43. The van der Waals surface area contributed by atoms with Crippen LogP contribution in [0.2, 0.25) is 0 Å². The van der Waals surface area contributed by atoms with Gasteiger partial charge in [-0.05, 0) is 30.4 Å². The molecule has 1 heterocycles. The van der Waals surface area contributed by atoms with Crippen molar-refractivity contribution in [3.8, 4) is 11.8 Å². The normalized spacial score (nSPS) is 10.7. The van der Waals surface area contributed by atoms with Crippen LogP contribution in [-0.2, 0) is 0 Å². The van der Waals surface area contributed by atoms with E-state index in [4.69, 9.17) is 5.11 Å². The van der Waals surface area contributed by atoms with Gasteiger partial charge in [-0.3, -0.25) is 0 Å². The molecule has 0 unspecified atom stereocenters. The van der Waals surface area contributed by atoms with E-state index < -0.39 is 0 Å². The van der Waals surface area contributed by atoms with E-state index in [1.807, 2.05) is 41.8 Å². The number of hydrogen-bond donors (Lipinski definition) is 1. The van der Waals surface area contributed by atoms with Gasteiger partial charge < -0.3 is 5.11 Å². The molecule has 0 saturated heterocycles. The fourth-order valence-electron chi connectivity index (χ4n) is 0.950. The zero-order chi connectivity index (χ0) is 10.8. The highest BCUT2D eigenvalue weighted by molar-refractivity contribution is 7.10. The summed E-state index contributed by atoms with van der Waals surface area (Å²) in [5.74, 6) is 5.99. The van der Waals surface area contributed by atoms with Crippen LogP contribution in [0.15, 0.2) is 41.8 Å². The monoisotopic (exact) mass is 218 g/mol. The average Bonchev–Trinajstić information content (AvgIpc) is 2.75. The first kappa shape index (κ1) is 11.8. The number of allylic oxidation sites excluding steroid dienone is 4. The van der Waals surface area contributed by atoms with Gasteiger partial charge in [0, 0.05) is 6.61 Å². The largest absolute Gasteiger partial charge is 0.396 e. The van der Waals surface area contributed by atoms with E-state index in [2.05, 4.69) is 11.8 Å². The minimum Gasteiger partial charge on any atom is -0.396 e. The molecular weight excluding hydrogens is 204 g/mol. The van der Waals surface area contributed by atoms with Crippen molar-refractivity contribution >= 4 is 11.3 Å². The summed E-state index contributed by atoms with van der Waals surface area (Å²) < 4.78 is 0. The van der Waals surface area contributed by atoms with Crippen molar-refractivity contribution in [3.63, 3.8) is 0 Å². The molecule has 0 aliphatic carbocycles. The van der Waals surface area contributed by atoms with Crippen LogP contribution in [0.25, 0.3) is 0 Å². The Bertz CT molecular complexity index is 363. The van der Waals surface area contributed by atoms with Crippen LogP contribution < -0.4 is 0 Å². The summed E-state index contributed by atoms with van der Waals surface area (Å²) in [5, 5.41) is 10.6. The van der Waals surface area contributed by atoms with Crippen LogP contribution in [-0.4, -0.2) is 11.7 Å². The molecule has 0 aliphatic rings. The van der Waals surface area contributed by atoms with Crippen LogP contribution in [0.4, 0.5) is 0 Å². The lowest BCUT2D eigenvalue weighted by atomic mass is 10.3. The molecule has 0 aliphatic heterocycles. The molecule has 1 aromatic heterocycles. The van der Waals surface area contributed by atoms with Gasteiger partial charge in [-0.2, -0.15) is 0 Å². The maximum absolute atomic E-state index is 8.54. The summed E-state index contributed by atoms with van der Waals surface area (Å²) in [6.07, 6.45) is 9.47. The van der Waals surface area contributed by atoms with Gasteiger partial charge in [-0.25, -0.2) is 0 Å². The van der Waals surface area contributed by atoms with Crippen LogP contribution in [0.3, 0.4) is 0 Å². The van der Waals surface area contributed by atoms with Gasteiger partial charge in [0.2, 0.25) is 0 Å². The summed E-state index contributed by atoms with van der Waals surface area (Å²) in [7, 11) is 0. The molecule has 1 nitrogen and oxygen atoms in total. The van der Waals surface area contributed by atoms with E-state index in [1.165, 1.54) is 0 Å². The molecule has 0 saturated carbocycles. The third-order valence-electron chi connectivity index (χ3n) is 1.67. The van der Waals surface area contributed by atoms with Gasteiger partial charge in [-0.15, -0.1) is 11.3 Å². The number of aliphatic hydroxyl groups excluding tert-OH is 1. The van der Waals surface area contributed by atoms with Crippen LogP contribution in [0.1, 0.15) is 17.7 Å². The van der Waals surface area contributed by atoms with Crippen LogP contribution in [0.5, 0.6) is 0 Å². The zero-order valence-corrected chi connectivity index (χ0v) is 9.33. The summed E-state index contributed by atoms with van der Waals surface area (Å²) in [4.78, 5) is 1.09. The van der Waals surface area contributed by atoms with E-state index in [0.717, 1.165) is 17.7 Å². The van der Waals surface area contributed by atoms with Gasteiger partial charge in [0.25, 0.3) is 0 Å². The molecule has 0 radical (unpaired) electrons. The quantitative estimate of drug-likeness (QED) is 0.468. The van der Waals surface area contributed by atoms with Crippen LogP contribution in [0, 0.1) is 11.8 Å². The van der Waals surface area contributed by atoms with E-state index in [1.54, 1.807) is 11.3 Å². The van der Waals surface area contributed by atoms with Crippen molar-refractivity contribution < 1.29 is 5.11 Å². The Kier molecular flexibility index (Phi) is 6.31. The van der Waals surface area contributed by atoms with Crippen molar-refractivity contribution in [2.24, 2.45) is 0 Å². The highest BCUT2D eigenvalue weighted by atomic mass is 32.1. The summed E-state index contributed by atoms with van der Waals surface area (Å²) in [6.45, 7) is 0.256. The van der Waals surface area contributed by atoms with Crippen molar-refractivity contribution in [2.75, 3.05) is 6.61 Å². The number of rotatable bonds is 4. The minimum absolute atomic E-state index is 0.256. The number of thiophene rings is 1. The molecule has 0 bridgehead atoms. The van der Waals surface area contributed by atoms with Gasteiger partial charge in [0.1, 0.15) is 0 Å². The maximum Gasteiger partial charge on any atom is 0.0771 e. The zero-order valence-electron chi connectivity index (χ0n) is 8.52. The third kappa shape index (κ3) is 5.90. The predicted octanol–water partition coefficient (Wildman–Crippen LogP) is 2.98. The number of unbranched alkanes of at least 4 members (excludes halogenated alkanes) is 1. The first-order valence-electron chi connectivity index (χ1n) is 4.91. The number of aliphatic hydroxyl groups is 1. The fraction of sp³-hybridized carbons (Fsp3) is 0.231. The molecule has 15 heavy (non-hydrogen) atoms. The smallest absolute Gasteiger partial charge is 0.0771 e. The Hall–Kier alpha value is -1.30. The van der Waals surface area contributed by atoms with Gasteiger partial charge >= 0.3 is 0 Å². The van der Waals surface area contributed by atoms with E-state index in [0.29, 0.717) is 0 Å². The molecule has 0 atom stereocenters. The minimum atomic E-state index is 0.256. The Labute approximate surface area is 94.8 Å². The summed E-state index contributed by atoms with van der Waals surface area (Å²) in [5.41, 5.74) is 0. The molecule has 0 amide bonds. The second-order valence-electron chi connectivity index (χ2n) is 2.90. The predicted molar refractivity (Wildman–Crippen MR) is 65.8 cm³/mol. The highest BCUT2D eigenvalue weighted by Gasteiger charge is 1.81. The van der Waals surface area contributed by atoms with Gasteiger partial charge in [0.05, 0.1) is 4.88 Å². The van der Waals surface area contributed by atoms with E-state index in [9.17, 15) is 0 Å². The van der Waals surface area contributed by atoms with Crippen LogP contribution >= 0.6 is 11.3 Å². The second kappa shape index (κ2) is 8.05. The third-order valence-corrected chi connectivity index (χ3v) is 2.46.